The van der Waals surface area contributed by atoms with Gasteiger partial charge < -0.3 is 29.7 Å². The van der Waals surface area contributed by atoms with Gasteiger partial charge in [0.25, 0.3) is 17.5 Å². The van der Waals surface area contributed by atoms with Crippen molar-refractivity contribution in [1.82, 2.24) is 15.0 Å². The molecule has 0 saturated carbocycles. The minimum Gasteiger partial charge on any atom is -0.545 e. The van der Waals surface area contributed by atoms with Crippen LogP contribution in [-0.4, -0.2) is 32.9 Å². The van der Waals surface area contributed by atoms with Gasteiger partial charge in [0, 0.05) is 11.1 Å². The lowest BCUT2D eigenvalue weighted by molar-refractivity contribution is -0.681. The highest BCUT2D eigenvalue weighted by Crippen LogP contribution is 2.14. The number of nitrogens with zero attached hydrogens (tertiary/aromatic N) is 3. The number of benzene rings is 4. The number of hydrogen-bond acceptors (Lipinski definition) is 6. The molecule has 0 atom stereocenters. The fraction of sp³-hybridized carbons (Fsp3) is 0.143. The van der Waals surface area contributed by atoms with Crippen LogP contribution in [0, 0.1) is 0 Å². The van der Waals surface area contributed by atoms with E-state index >= 15 is 0 Å². The highest BCUT2D eigenvalue weighted by Gasteiger charge is 2.12. The summed E-state index contributed by atoms with van der Waals surface area (Å²) in [4.78, 5) is 41.0. The van der Waals surface area contributed by atoms with Gasteiger partial charge in [-0.1, -0.05) is 66.7 Å². The summed E-state index contributed by atoms with van der Waals surface area (Å²) in [7, 11) is 0. The topological polar surface area (TPSA) is 179 Å². The number of carboxylic acids is 3. The summed E-state index contributed by atoms with van der Waals surface area (Å²) in [6, 6.07) is 33.4. The van der Waals surface area contributed by atoms with E-state index in [-0.39, 0.29) is 0 Å². The molecule has 3 aromatic heterocycles. The summed E-state index contributed by atoms with van der Waals surface area (Å²) in [6.45, 7) is 9.40. The summed E-state index contributed by atoms with van der Waals surface area (Å²) in [5.41, 5.74) is 1.86. The molecule has 4 aromatic carbocycles. The molecule has 7 rings (SSSR count). The lowest BCUT2D eigenvalue weighted by atomic mass is 10.0. The smallest absolute Gasteiger partial charge is 0.286 e. The van der Waals surface area contributed by atoms with E-state index in [2.05, 4.69) is 141 Å². The van der Waals surface area contributed by atoms with Gasteiger partial charge in [0.15, 0.2) is 0 Å². The molecule has 0 bridgehead atoms. The molecule has 3 heterocycles. The molecule has 0 aliphatic carbocycles. The van der Waals surface area contributed by atoms with E-state index in [4.69, 9.17) is 0 Å². The Morgan fingerprint density at radius 2 is 0.796 bits per heavy atom. The molecule has 0 radical (unpaired) electrons. The quantitative estimate of drug-likeness (QED) is 0.193. The number of carbonyl (C=O) groups excluding carboxylic acids is 3. The Morgan fingerprint density at radius 1 is 0.463 bits per heavy atom. The van der Waals surface area contributed by atoms with Crippen LogP contribution in [0.3, 0.4) is 0 Å². The molecule has 0 saturated heterocycles. The van der Waals surface area contributed by atoms with Crippen molar-refractivity contribution in [2.45, 2.75) is 40.4 Å². The average Bonchev–Trinajstić information content (AvgIpc) is 4.01. The van der Waals surface area contributed by atoms with Crippen LogP contribution in [0.25, 0.3) is 34.2 Å². The first-order valence-corrected chi connectivity index (χ1v) is 17.3. The number of nitrogens with one attached hydrogen (secondary N) is 3. The first-order valence-electron chi connectivity index (χ1n) is 17.3. The third kappa shape index (κ3) is 10.7. The van der Waals surface area contributed by atoms with Crippen LogP contribution in [-0.2, 0) is 19.6 Å². The first-order chi connectivity index (χ1) is 26.2. The molecular formula is C42H42N6O6. The van der Waals surface area contributed by atoms with Crippen molar-refractivity contribution in [2.24, 2.45) is 0 Å². The summed E-state index contributed by atoms with van der Waals surface area (Å²) in [5.74, 6) is -1.62. The maximum atomic E-state index is 10.5. The standard InChI is InChI=1S/3C11H12N2.C9H6O6/c3*1-2-13-9-8-12-11(13)10-6-4-3-5-7-10;10-7(11)4-1-2-5(8(12)13)6(3-4)9(14)15/h3*3-9H,2H2,1H3;1-3H,(H,10,11)(H,12,13)(H,14,15). The molecule has 12 heteroatoms. The second kappa shape index (κ2) is 20.1. The number of aromatic nitrogens is 6. The Morgan fingerprint density at radius 3 is 1.07 bits per heavy atom. The van der Waals surface area contributed by atoms with Gasteiger partial charge >= 0.3 is 0 Å². The predicted octanol–water partition coefficient (Wildman–Crippen LogP) is 2.74. The molecule has 54 heavy (non-hydrogen) atoms. The van der Waals surface area contributed by atoms with Gasteiger partial charge in [-0.2, -0.15) is 0 Å². The van der Waals surface area contributed by atoms with Crippen LogP contribution < -0.4 is 29.0 Å². The van der Waals surface area contributed by atoms with Crippen molar-refractivity contribution in [3.8, 4) is 34.2 Å². The molecule has 0 aliphatic heterocycles. The Hall–Kier alpha value is -7.08. The Kier molecular flexibility index (Phi) is 14.8. The van der Waals surface area contributed by atoms with Gasteiger partial charge in [0.2, 0.25) is 0 Å². The maximum absolute atomic E-state index is 10.5. The van der Waals surface area contributed by atoms with Crippen molar-refractivity contribution in [1.29, 1.82) is 0 Å². The number of rotatable bonds is 9. The number of carbonyl (C=O) groups is 3. The van der Waals surface area contributed by atoms with Crippen LogP contribution in [0.4, 0.5) is 0 Å². The van der Waals surface area contributed by atoms with E-state index in [0.717, 1.165) is 31.8 Å². The second-order valence-electron chi connectivity index (χ2n) is 11.5. The first kappa shape index (κ1) is 39.7. The van der Waals surface area contributed by atoms with E-state index < -0.39 is 34.6 Å². The van der Waals surface area contributed by atoms with Crippen LogP contribution in [0.15, 0.2) is 146 Å². The summed E-state index contributed by atoms with van der Waals surface area (Å²) in [6.07, 6.45) is 12.1. The van der Waals surface area contributed by atoms with Gasteiger partial charge in [0.1, 0.15) is 37.2 Å². The van der Waals surface area contributed by atoms with Crippen LogP contribution >= 0.6 is 0 Å². The zero-order valence-electron chi connectivity index (χ0n) is 30.3. The third-order valence-electron chi connectivity index (χ3n) is 8.14. The van der Waals surface area contributed by atoms with Crippen LogP contribution in [0.2, 0.25) is 0 Å². The molecule has 0 spiro atoms. The van der Waals surface area contributed by atoms with Gasteiger partial charge in [-0.05, 0) is 68.8 Å². The number of carboxylic acid groups (broad SMARTS) is 3. The van der Waals surface area contributed by atoms with Crippen molar-refractivity contribution in [3.05, 3.63) is 163 Å². The van der Waals surface area contributed by atoms with E-state index in [1.165, 1.54) is 34.2 Å². The molecule has 3 N–H and O–H groups in total. The molecule has 7 aromatic rings. The Balaban J connectivity index is 0.000000161. The molecule has 0 amide bonds. The lowest BCUT2D eigenvalue weighted by Crippen LogP contribution is -2.32. The molecule has 0 aliphatic rings. The number of hydrogen-bond donors (Lipinski definition) is 3. The predicted molar refractivity (Wildman–Crippen MR) is 196 cm³/mol. The molecule has 0 unspecified atom stereocenters. The Labute approximate surface area is 313 Å². The molecule has 0 fully saturated rings. The number of H-pyrrole nitrogens is 3. The fourth-order valence-corrected chi connectivity index (χ4v) is 5.44. The number of aromatic amines is 3. The highest BCUT2D eigenvalue weighted by molar-refractivity contribution is 6.02. The summed E-state index contributed by atoms with van der Waals surface area (Å²) >= 11 is 0. The van der Waals surface area contributed by atoms with Crippen LogP contribution in [0.1, 0.15) is 51.8 Å². The molecular weight excluding hydrogens is 684 g/mol. The van der Waals surface area contributed by atoms with Crippen molar-refractivity contribution in [2.75, 3.05) is 0 Å². The number of imidazole rings is 3. The van der Waals surface area contributed by atoms with Gasteiger partial charge in [-0.15, -0.1) is 0 Å². The van der Waals surface area contributed by atoms with E-state index in [1.807, 2.05) is 36.8 Å². The SMILES string of the molecule is CC[n+]1cc[nH]c1-c1ccccc1.CC[n+]1cc[nH]c1-c1ccccc1.CC[n+]1cc[nH]c1-c1ccccc1.O=C([O-])c1ccc(C(=O)[O-])c(C(=O)[O-])c1. The van der Waals surface area contributed by atoms with E-state index in [1.54, 1.807) is 0 Å². The van der Waals surface area contributed by atoms with Gasteiger partial charge in [-0.3, -0.25) is 0 Å². The van der Waals surface area contributed by atoms with Gasteiger partial charge in [0.05, 0.1) is 54.2 Å². The van der Waals surface area contributed by atoms with E-state index in [9.17, 15) is 29.7 Å². The second-order valence-corrected chi connectivity index (χ2v) is 11.5. The van der Waals surface area contributed by atoms with Crippen molar-refractivity contribution < 1.29 is 43.4 Å². The average molecular weight is 727 g/mol. The van der Waals surface area contributed by atoms with Crippen LogP contribution in [0.5, 0.6) is 0 Å². The highest BCUT2D eigenvalue weighted by atomic mass is 16.4. The molecule has 276 valence electrons. The fourth-order valence-electron chi connectivity index (χ4n) is 5.44. The molecule has 12 nitrogen and oxygen atoms in total. The normalized spacial score (nSPS) is 10.1. The number of aromatic carboxylic acids is 3. The lowest BCUT2D eigenvalue weighted by Gasteiger charge is -2.13. The monoisotopic (exact) mass is 726 g/mol. The maximum Gasteiger partial charge on any atom is 0.286 e. The van der Waals surface area contributed by atoms with Gasteiger partial charge in [-0.25, -0.2) is 28.7 Å². The summed E-state index contributed by atoms with van der Waals surface area (Å²) < 4.78 is 6.57. The largest absolute Gasteiger partial charge is 0.545 e. The van der Waals surface area contributed by atoms with E-state index in [0.29, 0.717) is 6.07 Å². The van der Waals surface area contributed by atoms with Crippen molar-refractivity contribution >= 4 is 17.9 Å². The summed E-state index contributed by atoms with van der Waals surface area (Å²) in [5, 5.41) is 31.3. The zero-order valence-corrected chi connectivity index (χ0v) is 30.3. The minimum absolute atomic E-state index is 0.445. The third-order valence-corrected chi connectivity index (χ3v) is 8.14. The van der Waals surface area contributed by atoms with Crippen molar-refractivity contribution in [3.63, 3.8) is 0 Å². The number of aryl methyl sites for hydroxylation is 3. The zero-order chi connectivity index (χ0) is 38.9. The Bertz CT molecular complexity index is 2040. The minimum atomic E-state index is -1.79.